The van der Waals surface area contributed by atoms with Gasteiger partial charge in [0.05, 0.1) is 22.5 Å². The molecule has 0 saturated heterocycles. The number of carbonyl (C=O) groups is 2. The van der Waals surface area contributed by atoms with Crippen LogP contribution in [-0.2, 0) is 4.79 Å². The molecule has 6 nitrogen and oxygen atoms in total. The number of nitrogens with one attached hydrogen (secondary N) is 2. The Balaban J connectivity index is 1.77. The van der Waals surface area contributed by atoms with Crippen molar-refractivity contribution in [1.29, 1.82) is 0 Å². The van der Waals surface area contributed by atoms with Crippen LogP contribution in [0.15, 0.2) is 36.5 Å². The van der Waals surface area contributed by atoms with Gasteiger partial charge in [-0.15, -0.1) is 0 Å². The van der Waals surface area contributed by atoms with Gasteiger partial charge in [-0.25, -0.2) is 9.37 Å². The Hall–Kier alpha value is -2.88. The molecular weight excluding hydrogens is 406 g/mol. The van der Waals surface area contributed by atoms with Gasteiger partial charge in [0.25, 0.3) is 5.91 Å². The second kappa shape index (κ2) is 9.36. The summed E-state index contributed by atoms with van der Waals surface area (Å²) in [6, 6.07) is 5.81. The molecule has 0 saturated carbocycles. The molecule has 0 fully saturated rings. The summed E-state index contributed by atoms with van der Waals surface area (Å²) in [7, 11) is 0. The first-order valence-electron chi connectivity index (χ1n) is 7.83. The van der Waals surface area contributed by atoms with E-state index in [-0.39, 0.29) is 35.1 Å². The fourth-order valence-electron chi connectivity index (χ4n) is 1.98. The zero-order chi connectivity index (χ0) is 20.7. The number of ether oxygens (including phenoxy) is 1. The highest BCUT2D eigenvalue weighted by atomic mass is 35.5. The maximum absolute atomic E-state index is 13.0. The molecule has 2 N–H and O–H groups in total. The van der Waals surface area contributed by atoms with Gasteiger partial charge >= 0.3 is 6.18 Å². The van der Waals surface area contributed by atoms with Crippen LogP contribution in [0.2, 0.25) is 5.02 Å². The van der Waals surface area contributed by atoms with Crippen LogP contribution >= 0.6 is 11.6 Å². The Morgan fingerprint density at radius 3 is 2.54 bits per heavy atom. The van der Waals surface area contributed by atoms with Gasteiger partial charge in [0.2, 0.25) is 11.8 Å². The van der Waals surface area contributed by atoms with Crippen LogP contribution in [0.25, 0.3) is 0 Å². The Morgan fingerprint density at radius 1 is 1.18 bits per heavy atom. The average molecular weight is 420 g/mol. The third-order valence-corrected chi connectivity index (χ3v) is 3.53. The number of carbonyl (C=O) groups excluding carboxylic acids is 2. The van der Waals surface area contributed by atoms with Crippen LogP contribution in [-0.4, -0.2) is 36.1 Å². The standard InChI is InChI=1S/C17H14ClF4N3O3/c18-13-7-10(19)1-3-12(13)16(27)23-6-5-14(26)25-11-2-4-15(24-8-11)28-9-17(20,21)22/h1-4,7-8H,5-6,9H2,(H,23,27)(H,25,26). The molecule has 1 aromatic carbocycles. The van der Waals surface area contributed by atoms with Gasteiger partial charge in [-0.3, -0.25) is 9.59 Å². The van der Waals surface area contributed by atoms with E-state index in [1.54, 1.807) is 0 Å². The van der Waals surface area contributed by atoms with Gasteiger partial charge in [0, 0.05) is 19.0 Å². The highest BCUT2D eigenvalue weighted by Gasteiger charge is 2.28. The van der Waals surface area contributed by atoms with E-state index in [1.807, 2.05) is 0 Å². The maximum atomic E-state index is 13.0. The van der Waals surface area contributed by atoms with Crippen molar-refractivity contribution in [3.8, 4) is 5.88 Å². The summed E-state index contributed by atoms with van der Waals surface area (Å²) in [6.45, 7) is -1.48. The van der Waals surface area contributed by atoms with Crippen LogP contribution in [0.1, 0.15) is 16.8 Å². The second-order valence-corrected chi connectivity index (χ2v) is 5.87. The van der Waals surface area contributed by atoms with E-state index in [0.29, 0.717) is 0 Å². The molecule has 0 bridgehead atoms. The molecule has 0 unspecified atom stereocenters. The fraction of sp³-hybridized carbons (Fsp3) is 0.235. The van der Waals surface area contributed by atoms with E-state index in [4.69, 9.17) is 11.6 Å². The van der Waals surface area contributed by atoms with E-state index < -0.39 is 30.4 Å². The van der Waals surface area contributed by atoms with Crippen LogP contribution in [0.4, 0.5) is 23.2 Å². The van der Waals surface area contributed by atoms with E-state index in [9.17, 15) is 27.2 Å². The number of hydrogen-bond acceptors (Lipinski definition) is 4. The minimum atomic E-state index is -4.48. The molecule has 0 radical (unpaired) electrons. The van der Waals surface area contributed by atoms with Crippen molar-refractivity contribution in [2.75, 3.05) is 18.5 Å². The van der Waals surface area contributed by atoms with Crippen molar-refractivity contribution < 1.29 is 31.9 Å². The summed E-state index contributed by atoms with van der Waals surface area (Å²) in [5, 5.41) is 4.88. The molecule has 11 heteroatoms. The molecule has 0 aliphatic rings. The molecule has 0 aliphatic carbocycles. The Morgan fingerprint density at radius 2 is 1.93 bits per heavy atom. The lowest BCUT2D eigenvalue weighted by atomic mass is 10.2. The molecule has 1 aromatic heterocycles. The van der Waals surface area contributed by atoms with Crippen LogP contribution in [0.5, 0.6) is 5.88 Å². The Kier molecular flexibility index (Phi) is 7.16. The molecular formula is C17H14ClF4N3O3. The molecule has 2 amide bonds. The third-order valence-electron chi connectivity index (χ3n) is 3.22. The van der Waals surface area contributed by atoms with Crippen LogP contribution < -0.4 is 15.4 Å². The molecule has 0 atom stereocenters. The van der Waals surface area contributed by atoms with Crippen molar-refractivity contribution in [3.05, 3.63) is 52.9 Å². The number of rotatable bonds is 7. The predicted octanol–water partition coefficient (Wildman–Crippen LogP) is 3.57. The van der Waals surface area contributed by atoms with Gasteiger partial charge in [-0.1, -0.05) is 11.6 Å². The topological polar surface area (TPSA) is 80.3 Å². The minimum Gasteiger partial charge on any atom is -0.468 e. The molecule has 0 spiro atoms. The van der Waals surface area contributed by atoms with E-state index in [2.05, 4.69) is 20.4 Å². The third kappa shape index (κ3) is 7.03. The summed E-state index contributed by atoms with van der Waals surface area (Å²) in [5.74, 6) is -1.84. The van der Waals surface area contributed by atoms with Gasteiger partial charge in [0.15, 0.2) is 6.61 Å². The number of nitrogens with zero attached hydrogens (tertiary/aromatic N) is 1. The van der Waals surface area contributed by atoms with Crippen molar-refractivity contribution in [2.24, 2.45) is 0 Å². The van der Waals surface area contributed by atoms with Crippen LogP contribution in [0.3, 0.4) is 0 Å². The van der Waals surface area contributed by atoms with E-state index >= 15 is 0 Å². The van der Waals surface area contributed by atoms with Crippen molar-refractivity contribution >= 4 is 29.1 Å². The van der Waals surface area contributed by atoms with Gasteiger partial charge < -0.3 is 15.4 Å². The zero-order valence-corrected chi connectivity index (χ0v) is 14.9. The molecule has 150 valence electrons. The zero-order valence-electron chi connectivity index (χ0n) is 14.1. The first-order chi connectivity index (χ1) is 13.1. The number of benzene rings is 1. The smallest absolute Gasteiger partial charge is 0.422 e. The second-order valence-electron chi connectivity index (χ2n) is 5.47. The summed E-state index contributed by atoms with van der Waals surface area (Å²) >= 11 is 5.77. The molecule has 0 aliphatic heterocycles. The highest BCUT2D eigenvalue weighted by Crippen LogP contribution is 2.18. The number of hydrogen-bond donors (Lipinski definition) is 2. The number of halogens is 5. The SMILES string of the molecule is O=C(CCNC(=O)c1ccc(F)cc1Cl)Nc1ccc(OCC(F)(F)F)nc1. The first kappa shape index (κ1) is 21.4. The summed E-state index contributed by atoms with van der Waals surface area (Å²) in [5.41, 5.74) is 0.319. The highest BCUT2D eigenvalue weighted by molar-refractivity contribution is 6.33. The summed E-state index contributed by atoms with van der Waals surface area (Å²) in [4.78, 5) is 27.4. The normalized spacial score (nSPS) is 11.0. The molecule has 2 rings (SSSR count). The minimum absolute atomic E-state index is 0.0153. The first-order valence-corrected chi connectivity index (χ1v) is 8.20. The maximum Gasteiger partial charge on any atom is 0.422 e. The van der Waals surface area contributed by atoms with E-state index in [0.717, 1.165) is 18.3 Å². The summed E-state index contributed by atoms with van der Waals surface area (Å²) < 4.78 is 53.6. The van der Waals surface area contributed by atoms with Crippen LogP contribution in [0, 0.1) is 5.82 Å². The average Bonchev–Trinajstić information content (AvgIpc) is 2.60. The lowest BCUT2D eigenvalue weighted by Gasteiger charge is -2.09. The Labute approximate surface area is 161 Å². The van der Waals surface area contributed by atoms with Gasteiger partial charge in [-0.2, -0.15) is 13.2 Å². The van der Waals surface area contributed by atoms with Gasteiger partial charge in [0.1, 0.15) is 5.82 Å². The number of amides is 2. The summed E-state index contributed by atoms with van der Waals surface area (Å²) in [6.07, 6.45) is -3.42. The fourth-order valence-corrected chi connectivity index (χ4v) is 2.23. The van der Waals surface area contributed by atoms with Crippen molar-refractivity contribution in [1.82, 2.24) is 10.3 Å². The number of anilines is 1. The van der Waals surface area contributed by atoms with E-state index in [1.165, 1.54) is 18.2 Å². The van der Waals surface area contributed by atoms with Crippen molar-refractivity contribution in [2.45, 2.75) is 12.6 Å². The number of pyridine rings is 1. The predicted molar refractivity (Wildman–Crippen MR) is 92.8 cm³/mol. The van der Waals surface area contributed by atoms with Gasteiger partial charge in [-0.05, 0) is 24.3 Å². The lowest BCUT2D eigenvalue weighted by molar-refractivity contribution is -0.154. The molecule has 28 heavy (non-hydrogen) atoms. The quantitative estimate of drug-likeness (QED) is 0.672. The molecule has 2 aromatic rings. The number of aromatic nitrogens is 1. The largest absolute Gasteiger partial charge is 0.468 e. The molecule has 1 heterocycles. The van der Waals surface area contributed by atoms with Crippen molar-refractivity contribution in [3.63, 3.8) is 0 Å². The Bertz CT molecular complexity index is 845. The monoisotopic (exact) mass is 419 g/mol. The number of alkyl halides is 3. The lowest BCUT2D eigenvalue weighted by Crippen LogP contribution is -2.28.